The van der Waals surface area contributed by atoms with E-state index in [0.29, 0.717) is 17.3 Å². The molecule has 0 unspecified atom stereocenters. The number of benzene rings is 1. The number of esters is 1. The standard InChI is InChI=1S/C12H16FNO3S/c1-16-4-3-5-18-11-6-8(12(15)17-2)10(14)7-9(11)13/h6-7H,3-5,14H2,1-2H3. The van der Waals surface area contributed by atoms with Crippen LogP contribution in [-0.4, -0.2) is 32.5 Å². The summed E-state index contributed by atoms with van der Waals surface area (Å²) in [6.07, 6.45) is 0.804. The van der Waals surface area contributed by atoms with E-state index in [9.17, 15) is 9.18 Å². The highest BCUT2D eigenvalue weighted by Crippen LogP contribution is 2.27. The van der Waals surface area contributed by atoms with Gasteiger partial charge in [-0.15, -0.1) is 11.8 Å². The van der Waals surface area contributed by atoms with E-state index in [0.717, 1.165) is 12.5 Å². The summed E-state index contributed by atoms with van der Waals surface area (Å²) in [6, 6.07) is 2.57. The largest absolute Gasteiger partial charge is 0.465 e. The number of hydrogen-bond acceptors (Lipinski definition) is 5. The van der Waals surface area contributed by atoms with Crippen LogP contribution in [0.4, 0.5) is 10.1 Å². The van der Waals surface area contributed by atoms with Gasteiger partial charge in [-0.2, -0.15) is 0 Å². The van der Waals surface area contributed by atoms with Crippen molar-refractivity contribution in [3.8, 4) is 0 Å². The van der Waals surface area contributed by atoms with Crippen LogP contribution in [0, 0.1) is 5.82 Å². The monoisotopic (exact) mass is 273 g/mol. The summed E-state index contributed by atoms with van der Waals surface area (Å²) >= 11 is 1.32. The molecule has 4 nitrogen and oxygen atoms in total. The van der Waals surface area contributed by atoms with E-state index in [2.05, 4.69) is 4.74 Å². The van der Waals surface area contributed by atoms with Gasteiger partial charge in [0.2, 0.25) is 0 Å². The van der Waals surface area contributed by atoms with Crippen molar-refractivity contribution in [2.75, 3.05) is 32.3 Å². The fraction of sp³-hybridized carbons (Fsp3) is 0.417. The van der Waals surface area contributed by atoms with E-state index >= 15 is 0 Å². The van der Waals surface area contributed by atoms with Crippen LogP contribution in [0.5, 0.6) is 0 Å². The molecule has 0 heterocycles. The highest BCUT2D eigenvalue weighted by atomic mass is 32.2. The molecule has 0 saturated carbocycles. The van der Waals surface area contributed by atoms with Crippen LogP contribution in [0.2, 0.25) is 0 Å². The second-order valence-electron chi connectivity index (χ2n) is 3.56. The first-order valence-electron chi connectivity index (χ1n) is 5.39. The summed E-state index contributed by atoms with van der Waals surface area (Å²) in [4.78, 5) is 11.8. The van der Waals surface area contributed by atoms with Crippen LogP contribution < -0.4 is 5.73 Å². The van der Waals surface area contributed by atoms with E-state index in [4.69, 9.17) is 10.5 Å². The lowest BCUT2D eigenvalue weighted by Gasteiger charge is -2.08. The molecule has 1 rings (SSSR count). The van der Waals surface area contributed by atoms with Crippen LogP contribution in [0.15, 0.2) is 17.0 Å². The first-order chi connectivity index (χ1) is 8.60. The van der Waals surface area contributed by atoms with Crippen molar-refractivity contribution in [2.45, 2.75) is 11.3 Å². The summed E-state index contributed by atoms with van der Waals surface area (Å²) < 4.78 is 23.1. The molecule has 0 bridgehead atoms. The Kier molecular flexibility index (Phi) is 5.94. The van der Waals surface area contributed by atoms with Crippen LogP contribution >= 0.6 is 11.8 Å². The van der Waals surface area contributed by atoms with Gasteiger partial charge in [0.1, 0.15) is 5.82 Å². The fourth-order valence-corrected chi connectivity index (χ4v) is 2.23. The molecule has 0 fully saturated rings. The van der Waals surface area contributed by atoms with Gasteiger partial charge in [-0.1, -0.05) is 0 Å². The molecule has 0 radical (unpaired) electrons. The topological polar surface area (TPSA) is 61.5 Å². The van der Waals surface area contributed by atoms with E-state index in [1.165, 1.54) is 24.9 Å². The molecule has 0 aromatic heterocycles. The maximum atomic E-state index is 13.6. The lowest BCUT2D eigenvalue weighted by molar-refractivity contribution is 0.0601. The summed E-state index contributed by atoms with van der Waals surface area (Å²) in [7, 11) is 2.88. The predicted molar refractivity (Wildman–Crippen MR) is 69.4 cm³/mol. The number of carbonyl (C=O) groups is 1. The van der Waals surface area contributed by atoms with Crippen molar-refractivity contribution in [3.05, 3.63) is 23.5 Å². The third kappa shape index (κ3) is 3.89. The number of nitrogens with two attached hydrogens (primary N) is 1. The summed E-state index contributed by atoms with van der Waals surface area (Å²) in [6.45, 7) is 0.619. The van der Waals surface area contributed by atoms with E-state index in [1.54, 1.807) is 7.11 Å². The Morgan fingerprint density at radius 1 is 1.44 bits per heavy atom. The minimum Gasteiger partial charge on any atom is -0.465 e. The average molecular weight is 273 g/mol. The normalized spacial score (nSPS) is 10.4. The van der Waals surface area contributed by atoms with E-state index in [1.807, 2.05) is 0 Å². The molecule has 6 heteroatoms. The van der Waals surface area contributed by atoms with Gasteiger partial charge >= 0.3 is 5.97 Å². The highest BCUT2D eigenvalue weighted by Gasteiger charge is 2.14. The smallest absolute Gasteiger partial charge is 0.339 e. The highest BCUT2D eigenvalue weighted by molar-refractivity contribution is 7.99. The van der Waals surface area contributed by atoms with Crippen molar-refractivity contribution < 1.29 is 18.7 Å². The van der Waals surface area contributed by atoms with Crippen LogP contribution in [0.25, 0.3) is 0 Å². The van der Waals surface area contributed by atoms with Crippen molar-refractivity contribution in [3.63, 3.8) is 0 Å². The first kappa shape index (κ1) is 14.8. The fourth-order valence-electron chi connectivity index (χ4n) is 1.35. The zero-order chi connectivity index (χ0) is 13.5. The molecule has 2 N–H and O–H groups in total. The van der Waals surface area contributed by atoms with Gasteiger partial charge < -0.3 is 15.2 Å². The lowest BCUT2D eigenvalue weighted by atomic mass is 10.2. The summed E-state index contributed by atoms with van der Waals surface area (Å²) in [5.41, 5.74) is 5.85. The molecule has 0 saturated heterocycles. The zero-order valence-electron chi connectivity index (χ0n) is 10.4. The number of methoxy groups -OCH3 is 2. The Balaban J connectivity index is 2.81. The van der Waals surface area contributed by atoms with Crippen molar-refractivity contribution in [1.82, 2.24) is 0 Å². The maximum Gasteiger partial charge on any atom is 0.339 e. The lowest BCUT2D eigenvalue weighted by Crippen LogP contribution is -2.06. The van der Waals surface area contributed by atoms with Gasteiger partial charge in [0.05, 0.1) is 12.7 Å². The number of ether oxygens (including phenoxy) is 2. The second kappa shape index (κ2) is 7.23. The third-order valence-corrected chi connectivity index (χ3v) is 3.38. The minimum atomic E-state index is -0.564. The van der Waals surface area contributed by atoms with Crippen molar-refractivity contribution in [2.24, 2.45) is 0 Å². The quantitative estimate of drug-likeness (QED) is 0.373. The summed E-state index contributed by atoms with van der Waals surface area (Å²) in [5, 5.41) is 0. The first-order valence-corrected chi connectivity index (χ1v) is 6.37. The number of rotatable bonds is 6. The molecule has 100 valence electrons. The van der Waals surface area contributed by atoms with E-state index < -0.39 is 11.8 Å². The third-order valence-electron chi connectivity index (χ3n) is 2.26. The number of nitrogen functional groups attached to an aromatic ring is 1. The molecule has 1 aromatic rings. The molecule has 0 aliphatic rings. The summed E-state index contributed by atoms with van der Waals surface area (Å²) in [5.74, 6) is -0.288. The average Bonchev–Trinajstić information content (AvgIpc) is 2.36. The molecular formula is C12H16FNO3S. The number of carbonyl (C=O) groups excluding carboxylic acids is 1. The van der Waals surface area contributed by atoms with Gasteiger partial charge in [-0.3, -0.25) is 0 Å². The molecule has 0 atom stereocenters. The molecule has 1 aromatic carbocycles. The predicted octanol–water partition coefficient (Wildman–Crippen LogP) is 2.32. The van der Waals surface area contributed by atoms with Gasteiger partial charge in [0.15, 0.2) is 0 Å². The molecular weight excluding hydrogens is 257 g/mol. The Morgan fingerprint density at radius 2 is 2.17 bits per heavy atom. The number of hydrogen-bond donors (Lipinski definition) is 1. The van der Waals surface area contributed by atoms with Gasteiger partial charge in [0.25, 0.3) is 0 Å². The molecule has 0 aliphatic carbocycles. The SMILES string of the molecule is COCCCSc1cc(C(=O)OC)c(N)cc1F. The van der Waals surface area contributed by atoms with E-state index in [-0.39, 0.29) is 11.3 Å². The van der Waals surface area contributed by atoms with Crippen LogP contribution in [0.3, 0.4) is 0 Å². The molecule has 0 spiro atoms. The molecule has 0 aliphatic heterocycles. The van der Waals surface area contributed by atoms with Crippen molar-refractivity contribution >= 4 is 23.4 Å². The Labute approximate surface area is 110 Å². The van der Waals surface area contributed by atoms with Gasteiger partial charge in [-0.25, -0.2) is 9.18 Å². The number of anilines is 1. The van der Waals surface area contributed by atoms with Gasteiger partial charge in [-0.05, 0) is 18.6 Å². The Morgan fingerprint density at radius 3 is 2.78 bits per heavy atom. The van der Waals surface area contributed by atoms with Crippen LogP contribution in [0.1, 0.15) is 16.8 Å². The Hall–Kier alpha value is -1.27. The maximum absolute atomic E-state index is 13.6. The van der Waals surface area contributed by atoms with Gasteiger partial charge in [0, 0.05) is 30.1 Å². The van der Waals surface area contributed by atoms with Crippen molar-refractivity contribution in [1.29, 1.82) is 0 Å². The molecule has 0 amide bonds. The Bertz CT molecular complexity index is 426. The second-order valence-corrected chi connectivity index (χ2v) is 4.69. The minimum absolute atomic E-state index is 0.0839. The zero-order valence-corrected chi connectivity index (χ0v) is 11.2. The van der Waals surface area contributed by atoms with Crippen LogP contribution in [-0.2, 0) is 9.47 Å². The number of halogens is 1. The number of thioether (sulfide) groups is 1. The molecule has 18 heavy (non-hydrogen) atoms.